The lowest BCUT2D eigenvalue weighted by Gasteiger charge is -2.28. The Morgan fingerprint density at radius 1 is 1.22 bits per heavy atom. The minimum absolute atomic E-state index is 0.647. The van der Waals surface area contributed by atoms with Crippen molar-refractivity contribution < 1.29 is 0 Å². The first-order valence-electron chi connectivity index (χ1n) is 7.28. The largest absolute Gasteiger partial charge is 0.354 e. The molecule has 1 aromatic rings. The molecule has 0 spiro atoms. The van der Waals surface area contributed by atoms with E-state index in [2.05, 4.69) is 34.3 Å². The molecule has 3 rings (SSSR count). The van der Waals surface area contributed by atoms with Crippen LogP contribution in [0.15, 0.2) is 0 Å². The molecule has 0 bridgehead atoms. The summed E-state index contributed by atoms with van der Waals surface area (Å²) in [7, 11) is 0. The highest BCUT2D eigenvalue weighted by molar-refractivity contribution is 5.52. The zero-order valence-electron chi connectivity index (χ0n) is 11.5. The van der Waals surface area contributed by atoms with Gasteiger partial charge in [-0.2, -0.15) is 5.10 Å². The molecule has 1 aromatic heterocycles. The van der Waals surface area contributed by atoms with E-state index in [0.717, 1.165) is 32.1 Å². The van der Waals surface area contributed by atoms with Gasteiger partial charge >= 0.3 is 0 Å². The van der Waals surface area contributed by atoms with Crippen molar-refractivity contribution in [3.63, 3.8) is 0 Å². The van der Waals surface area contributed by atoms with Crippen LogP contribution in [-0.4, -0.2) is 36.4 Å². The Balaban J connectivity index is 1.88. The number of nitrogens with zero attached hydrogens (tertiary/aromatic N) is 2. The molecule has 4 heteroatoms. The Hall–Kier alpha value is -1.03. The Morgan fingerprint density at radius 2 is 2.11 bits per heavy atom. The number of anilines is 1. The van der Waals surface area contributed by atoms with Crippen LogP contribution in [0.5, 0.6) is 0 Å². The van der Waals surface area contributed by atoms with Crippen LogP contribution in [0.2, 0.25) is 0 Å². The molecule has 1 saturated heterocycles. The molecule has 2 N–H and O–H groups in total. The highest BCUT2D eigenvalue weighted by Gasteiger charge is 2.29. The van der Waals surface area contributed by atoms with E-state index in [1.807, 2.05) is 0 Å². The summed E-state index contributed by atoms with van der Waals surface area (Å²) in [5.41, 5.74) is 2.88. The highest BCUT2D eigenvalue weighted by Crippen LogP contribution is 2.38. The van der Waals surface area contributed by atoms with Crippen LogP contribution in [0.4, 0.5) is 5.82 Å². The molecule has 0 amide bonds. The molecular formula is C14H24N4. The van der Waals surface area contributed by atoms with Gasteiger partial charge in [0, 0.05) is 30.9 Å². The number of aromatic amines is 1. The first-order valence-corrected chi connectivity index (χ1v) is 7.28. The molecular weight excluding hydrogens is 224 g/mol. The van der Waals surface area contributed by atoms with Crippen LogP contribution in [-0.2, 0) is 6.42 Å². The van der Waals surface area contributed by atoms with Gasteiger partial charge in [0.25, 0.3) is 0 Å². The zero-order valence-corrected chi connectivity index (χ0v) is 11.5. The van der Waals surface area contributed by atoms with Gasteiger partial charge in [-0.3, -0.25) is 5.10 Å². The van der Waals surface area contributed by atoms with Crippen molar-refractivity contribution in [3.8, 4) is 0 Å². The van der Waals surface area contributed by atoms with Crippen LogP contribution >= 0.6 is 0 Å². The average molecular weight is 248 g/mol. The van der Waals surface area contributed by atoms with Crippen LogP contribution in [0.3, 0.4) is 0 Å². The average Bonchev–Trinajstić information content (AvgIpc) is 2.59. The fourth-order valence-corrected chi connectivity index (χ4v) is 3.50. The number of aromatic nitrogens is 2. The Labute approximate surface area is 109 Å². The second-order valence-corrected chi connectivity index (χ2v) is 5.98. The van der Waals surface area contributed by atoms with E-state index in [1.54, 1.807) is 0 Å². The summed E-state index contributed by atoms with van der Waals surface area (Å²) < 4.78 is 0. The van der Waals surface area contributed by atoms with Gasteiger partial charge in [0.2, 0.25) is 0 Å². The maximum atomic E-state index is 4.62. The second kappa shape index (κ2) is 4.92. The summed E-state index contributed by atoms with van der Waals surface area (Å²) in [6, 6.07) is 0. The SMILES string of the molecule is CC1Cc2[nH]nc(N3CCCNCC3)c2C(C)C1. The highest BCUT2D eigenvalue weighted by atomic mass is 15.3. The minimum atomic E-state index is 0.647. The summed E-state index contributed by atoms with van der Waals surface area (Å²) in [6.45, 7) is 9.12. The summed E-state index contributed by atoms with van der Waals surface area (Å²) in [5.74, 6) is 2.66. The number of hydrogen-bond donors (Lipinski definition) is 2. The van der Waals surface area contributed by atoms with Gasteiger partial charge in [-0.25, -0.2) is 0 Å². The van der Waals surface area contributed by atoms with E-state index >= 15 is 0 Å². The first kappa shape index (κ1) is 12.0. The monoisotopic (exact) mass is 248 g/mol. The van der Waals surface area contributed by atoms with Gasteiger partial charge in [-0.05, 0) is 37.6 Å². The molecule has 2 unspecified atom stereocenters. The van der Waals surface area contributed by atoms with E-state index in [1.165, 1.54) is 36.3 Å². The van der Waals surface area contributed by atoms with E-state index in [-0.39, 0.29) is 0 Å². The molecule has 100 valence electrons. The van der Waals surface area contributed by atoms with Crippen molar-refractivity contribution in [1.82, 2.24) is 15.5 Å². The predicted octanol–water partition coefficient (Wildman–Crippen LogP) is 1.90. The van der Waals surface area contributed by atoms with Crippen LogP contribution < -0.4 is 10.2 Å². The third-order valence-electron chi connectivity index (χ3n) is 4.30. The molecule has 4 nitrogen and oxygen atoms in total. The summed E-state index contributed by atoms with van der Waals surface area (Å²) in [6.07, 6.45) is 3.68. The fourth-order valence-electron chi connectivity index (χ4n) is 3.50. The summed E-state index contributed by atoms with van der Waals surface area (Å²) in [4.78, 5) is 2.46. The fraction of sp³-hybridized carbons (Fsp3) is 0.786. The van der Waals surface area contributed by atoms with Gasteiger partial charge in [0.15, 0.2) is 5.82 Å². The van der Waals surface area contributed by atoms with Gasteiger partial charge in [-0.15, -0.1) is 0 Å². The lowest BCUT2D eigenvalue weighted by Crippen LogP contribution is -2.29. The van der Waals surface area contributed by atoms with E-state index in [9.17, 15) is 0 Å². The second-order valence-electron chi connectivity index (χ2n) is 5.98. The van der Waals surface area contributed by atoms with Gasteiger partial charge in [0.05, 0.1) is 0 Å². The molecule has 0 radical (unpaired) electrons. The predicted molar refractivity (Wildman–Crippen MR) is 74.2 cm³/mol. The van der Waals surface area contributed by atoms with Gasteiger partial charge in [0.1, 0.15) is 0 Å². The smallest absolute Gasteiger partial charge is 0.154 e. The topological polar surface area (TPSA) is 44.0 Å². The lowest BCUT2D eigenvalue weighted by molar-refractivity contribution is 0.445. The number of hydrogen-bond acceptors (Lipinski definition) is 3. The normalized spacial score (nSPS) is 28.9. The van der Waals surface area contributed by atoms with Crippen molar-refractivity contribution in [3.05, 3.63) is 11.3 Å². The van der Waals surface area contributed by atoms with Crippen molar-refractivity contribution in [2.75, 3.05) is 31.1 Å². The van der Waals surface area contributed by atoms with Crippen LogP contribution in [0, 0.1) is 5.92 Å². The van der Waals surface area contributed by atoms with E-state index < -0.39 is 0 Å². The molecule has 2 atom stereocenters. The number of H-pyrrole nitrogens is 1. The van der Waals surface area contributed by atoms with Crippen LogP contribution in [0.25, 0.3) is 0 Å². The number of nitrogens with one attached hydrogen (secondary N) is 2. The van der Waals surface area contributed by atoms with Crippen LogP contribution in [0.1, 0.15) is 43.9 Å². The maximum absolute atomic E-state index is 4.62. The van der Waals surface area contributed by atoms with E-state index in [4.69, 9.17) is 0 Å². The first-order chi connectivity index (χ1) is 8.75. The Bertz CT molecular complexity index is 404. The number of fused-ring (bicyclic) bond motifs is 1. The van der Waals surface area contributed by atoms with Gasteiger partial charge in [-0.1, -0.05) is 13.8 Å². The standard InChI is InChI=1S/C14H24N4/c1-10-8-11(2)13-12(9-10)16-17-14(13)18-6-3-4-15-5-7-18/h10-11,15H,3-9H2,1-2H3,(H,16,17). The zero-order chi connectivity index (χ0) is 12.5. The maximum Gasteiger partial charge on any atom is 0.154 e. The molecule has 1 aliphatic carbocycles. The molecule has 1 fully saturated rings. The summed E-state index contributed by atoms with van der Waals surface area (Å²) in [5, 5.41) is 11.4. The third-order valence-corrected chi connectivity index (χ3v) is 4.30. The molecule has 1 aliphatic heterocycles. The summed E-state index contributed by atoms with van der Waals surface area (Å²) >= 11 is 0. The minimum Gasteiger partial charge on any atom is -0.354 e. The third kappa shape index (κ3) is 2.14. The number of rotatable bonds is 1. The van der Waals surface area contributed by atoms with Crippen molar-refractivity contribution in [2.24, 2.45) is 5.92 Å². The Morgan fingerprint density at radius 3 is 3.00 bits per heavy atom. The quantitative estimate of drug-likeness (QED) is 0.798. The van der Waals surface area contributed by atoms with Gasteiger partial charge < -0.3 is 10.2 Å². The Kier molecular flexibility index (Phi) is 3.29. The van der Waals surface area contributed by atoms with Crippen molar-refractivity contribution in [1.29, 1.82) is 0 Å². The van der Waals surface area contributed by atoms with E-state index in [0.29, 0.717) is 5.92 Å². The van der Waals surface area contributed by atoms with Crippen molar-refractivity contribution >= 4 is 5.82 Å². The molecule has 0 saturated carbocycles. The molecule has 2 heterocycles. The lowest BCUT2D eigenvalue weighted by atomic mass is 9.81. The molecule has 0 aromatic carbocycles. The molecule has 18 heavy (non-hydrogen) atoms. The van der Waals surface area contributed by atoms with Crippen molar-refractivity contribution in [2.45, 2.75) is 39.0 Å². The molecule has 2 aliphatic rings.